The van der Waals surface area contributed by atoms with Crippen LogP contribution in [0, 0.1) is 20.6 Å². The zero-order valence-electron chi connectivity index (χ0n) is 20.2. The van der Waals surface area contributed by atoms with Crippen LogP contribution in [0.2, 0.25) is 0 Å². The molecule has 0 fully saturated rings. The van der Waals surface area contributed by atoms with Crippen LogP contribution in [0.1, 0.15) is 29.0 Å². The van der Waals surface area contributed by atoms with E-state index in [9.17, 15) is 0 Å². The van der Waals surface area contributed by atoms with Gasteiger partial charge in [-0.2, -0.15) is 0 Å². The van der Waals surface area contributed by atoms with Gasteiger partial charge in [-0.05, 0) is 54.4 Å². The lowest BCUT2D eigenvalue weighted by Crippen LogP contribution is -1.91. The van der Waals surface area contributed by atoms with Crippen molar-refractivity contribution in [2.24, 2.45) is 0 Å². The molecular weight excluding hydrogens is 254 g/mol. The average Bonchev–Trinajstić information content (AvgIpc) is 2.65. The minimum atomic E-state index is -2.67. The third kappa shape index (κ3) is 2.73. The van der Waals surface area contributed by atoms with Gasteiger partial charge in [0.15, 0.2) is 0 Å². The van der Waals surface area contributed by atoms with E-state index in [1.807, 2.05) is 30.3 Å². The van der Waals surface area contributed by atoms with E-state index >= 15 is 0 Å². The van der Waals surface area contributed by atoms with Crippen molar-refractivity contribution in [3.8, 4) is 22.4 Å². The Bertz CT molecular complexity index is 1050. The smallest absolute Gasteiger partial charge is 0.0708 e. The van der Waals surface area contributed by atoms with Crippen LogP contribution in [0.25, 0.3) is 22.4 Å². The van der Waals surface area contributed by atoms with Crippen molar-refractivity contribution in [3.63, 3.8) is 0 Å². The maximum atomic E-state index is 7.85. The van der Waals surface area contributed by atoms with Gasteiger partial charge in [-0.15, -0.1) is 0 Å². The molecule has 0 saturated carbocycles. The molecule has 0 atom stereocenters. The van der Waals surface area contributed by atoms with Crippen LogP contribution in [0.4, 0.5) is 0 Å². The van der Waals surface area contributed by atoms with Crippen LogP contribution in [-0.4, -0.2) is 4.98 Å². The number of nitrogens with zero attached hydrogens (tertiary/aromatic N) is 1. The van der Waals surface area contributed by atoms with E-state index in [2.05, 4.69) is 4.98 Å². The van der Waals surface area contributed by atoms with Gasteiger partial charge in [0.05, 0.1) is 5.69 Å². The summed E-state index contributed by atoms with van der Waals surface area (Å²) in [6.45, 7) is -7.77. The minimum absolute atomic E-state index is 0.0414. The Morgan fingerprint density at radius 2 is 1.57 bits per heavy atom. The molecule has 2 aromatic carbocycles. The van der Waals surface area contributed by atoms with Crippen molar-refractivity contribution in [1.29, 1.82) is 0 Å². The minimum Gasteiger partial charge on any atom is -0.256 e. The summed E-state index contributed by atoms with van der Waals surface area (Å²) in [5, 5.41) is 0. The number of benzene rings is 2. The highest BCUT2D eigenvalue weighted by Crippen LogP contribution is 2.28. The van der Waals surface area contributed by atoms with E-state index in [-0.39, 0.29) is 22.3 Å². The molecule has 0 radical (unpaired) electrons. The molecule has 0 spiro atoms. The number of rotatable bonds is 2. The molecule has 0 aliphatic carbocycles. The molecule has 0 saturated heterocycles. The van der Waals surface area contributed by atoms with Crippen LogP contribution in [-0.2, 0) is 0 Å². The van der Waals surface area contributed by atoms with Gasteiger partial charge in [0.25, 0.3) is 0 Å². The molecule has 0 aliphatic rings. The summed E-state index contributed by atoms with van der Waals surface area (Å²) in [6.07, 6.45) is 1.26. The highest BCUT2D eigenvalue weighted by atomic mass is 14.7. The summed E-state index contributed by atoms with van der Waals surface area (Å²) in [4.78, 5) is 4.27. The highest BCUT2D eigenvalue weighted by molar-refractivity contribution is 5.73. The highest BCUT2D eigenvalue weighted by Gasteiger charge is 2.07. The summed E-state index contributed by atoms with van der Waals surface area (Å²) in [7, 11) is 0. The predicted molar refractivity (Wildman–Crippen MR) is 89.3 cm³/mol. The van der Waals surface area contributed by atoms with E-state index in [0.717, 1.165) is 5.56 Å². The van der Waals surface area contributed by atoms with E-state index in [0.29, 0.717) is 11.3 Å². The van der Waals surface area contributed by atoms with E-state index in [1.165, 1.54) is 24.4 Å². The Balaban J connectivity index is 2.28. The molecular formula is C20H19N. The van der Waals surface area contributed by atoms with Crippen LogP contribution in [0.5, 0.6) is 0 Å². The molecule has 0 aliphatic heterocycles. The lowest BCUT2D eigenvalue weighted by Gasteiger charge is -2.10. The van der Waals surface area contributed by atoms with Crippen LogP contribution in [0.3, 0.4) is 0 Å². The average molecular weight is 282 g/mol. The first-order chi connectivity index (χ1) is 13.8. The van der Waals surface area contributed by atoms with Crippen molar-refractivity contribution in [3.05, 3.63) is 77.5 Å². The van der Waals surface area contributed by atoms with Crippen LogP contribution < -0.4 is 0 Å². The molecule has 104 valence electrons. The molecule has 0 unspecified atom stereocenters. The molecule has 21 heavy (non-hydrogen) atoms. The topological polar surface area (TPSA) is 12.9 Å². The number of pyridine rings is 1. The number of aromatic nitrogens is 1. The van der Waals surface area contributed by atoms with Gasteiger partial charge in [0, 0.05) is 24.1 Å². The normalized spacial score (nSPS) is 18.8. The molecule has 0 amide bonds. The second kappa shape index (κ2) is 5.53. The molecule has 0 N–H and O–H groups in total. The van der Waals surface area contributed by atoms with Gasteiger partial charge >= 0.3 is 0 Å². The Labute approximate surface area is 139 Å². The molecule has 3 rings (SSSR count). The van der Waals surface area contributed by atoms with Gasteiger partial charge in [-0.1, -0.05) is 48.5 Å². The fourth-order valence-electron chi connectivity index (χ4n) is 2.17. The fraction of sp³-hybridized carbons (Fsp3) is 0.150. The van der Waals surface area contributed by atoms with E-state index in [4.69, 9.17) is 12.3 Å². The Kier molecular flexibility index (Phi) is 1.73. The van der Waals surface area contributed by atoms with Crippen molar-refractivity contribution < 1.29 is 12.3 Å². The summed E-state index contributed by atoms with van der Waals surface area (Å²) in [5.74, 6) is 0. The lowest BCUT2D eigenvalue weighted by molar-refractivity contribution is 1.26. The Hall–Kier alpha value is -2.41. The first-order valence-corrected chi connectivity index (χ1v) is 6.50. The Morgan fingerprint density at radius 1 is 0.762 bits per heavy atom. The second-order valence-electron chi connectivity index (χ2n) is 4.74. The van der Waals surface area contributed by atoms with Gasteiger partial charge < -0.3 is 0 Å². The zero-order valence-corrected chi connectivity index (χ0v) is 11.2. The second-order valence-corrected chi connectivity index (χ2v) is 4.74. The third-order valence-electron chi connectivity index (χ3n) is 3.30. The predicted octanol–water partition coefficient (Wildman–Crippen LogP) is 5.34. The van der Waals surface area contributed by atoms with Gasteiger partial charge in [-0.3, -0.25) is 4.98 Å². The Morgan fingerprint density at radius 3 is 2.33 bits per heavy atom. The largest absolute Gasteiger partial charge is 0.256 e. The first-order valence-electron chi connectivity index (χ1n) is 11.0. The van der Waals surface area contributed by atoms with E-state index in [1.54, 1.807) is 6.07 Å². The quantitative estimate of drug-likeness (QED) is 0.618. The van der Waals surface area contributed by atoms with Gasteiger partial charge in [0.1, 0.15) is 0 Å². The van der Waals surface area contributed by atoms with Gasteiger partial charge in [-0.25, -0.2) is 0 Å². The molecule has 1 heterocycles. The molecule has 0 bridgehead atoms. The van der Waals surface area contributed by atoms with Gasteiger partial charge in [0.2, 0.25) is 0 Å². The summed E-state index contributed by atoms with van der Waals surface area (Å²) in [5.41, 5.74) is 1.24. The van der Waals surface area contributed by atoms with E-state index < -0.39 is 20.6 Å². The van der Waals surface area contributed by atoms with Crippen LogP contribution in [0.15, 0.2) is 60.8 Å². The summed E-state index contributed by atoms with van der Waals surface area (Å²) >= 11 is 0. The standard InChI is InChI=1S/C20H19N/c1-14-9-10-18(11-15(14)2)19-12-20(21-13-16(19)3)17-7-5-4-6-8-17/h4-13H,1-3H3/i1D3,2D3,3D3. The SMILES string of the molecule is [2H]C([2H])([2H])c1cnc(-c2ccccc2)cc1-c1ccc(C([2H])([2H])[2H])c(C([2H])([2H])[2H])c1. The zero-order chi connectivity index (χ0) is 22.3. The molecule has 3 aromatic rings. The maximum absolute atomic E-state index is 7.85. The molecule has 1 nitrogen and oxygen atoms in total. The fourth-order valence-corrected chi connectivity index (χ4v) is 2.17. The summed E-state index contributed by atoms with van der Waals surface area (Å²) < 4.78 is 69.8. The first kappa shape index (κ1) is 6.57. The van der Waals surface area contributed by atoms with Crippen molar-refractivity contribution in [2.75, 3.05) is 0 Å². The van der Waals surface area contributed by atoms with Crippen molar-refractivity contribution in [2.45, 2.75) is 20.6 Å². The van der Waals surface area contributed by atoms with Crippen LogP contribution >= 0.6 is 0 Å². The number of aryl methyl sites for hydroxylation is 3. The number of hydrogen-bond donors (Lipinski definition) is 0. The summed E-state index contributed by atoms with van der Waals surface area (Å²) in [6, 6.07) is 14.7. The number of hydrogen-bond acceptors (Lipinski definition) is 1. The molecule has 1 aromatic heterocycles. The third-order valence-corrected chi connectivity index (χ3v) is 3.30. The molecule has 1 heteroatoms. The van der Waals surface area contributed by atoms with Crippen molar-refractivity contribution in [1.82, 2.24) is 4.98 Å². The maximum Gasteiger partial charge on any atom is 0.0708 e. The monoisotopic (exact) mass is 282 g/mol. The van der Waals surface area contributed by atoms with Crippen molar-refractivity contribution >= 4 is 0 Å². The lowest BCUT2D eigenvalue weighted by atomic mass is 9.97.